The highest BCUT2D eigenvalue weighted by Gasteiger charge is 2.25. The third kappa shape index (κ3) is 3.85. The lowest BCUT2D eigenvalue weighted by atomic mass is 9.83. The van der Waals surface area contributed by atoms with Crippen LogP contribution in [0.25, 0.3) is 21.9 Å². The molecule has 0 atom stereocenters. The largest absolute Gasteiger partial charge is 0.289 e. The molecule has 0 unspecified atom stereocenters. The van der Waals surface area contributed by atoms with Crippen molar-refractivity contribution >= 4 is 22.3 Å². The molecule has 5 rings (SSSR count). The number of benzene rings is 5. The Morgan fingerprint density at radius 1 is 0.576 bits per heavy atom. The van der Waals surface area contributed by atoms with Gasteiger partial charge in [-0.2, -0.15) is 0 Å². The van der Waals surface area contributed by atoms with E-state index in [0.717, 1.165) is 5.56 Å². The standard InChI is InChI=1S/C30H19FO2/c31-24-16-17-25-23(18-24)19-26(29(32)21-12-6-2-7-13-21)27(20-10-4-1-5-11-20)28(25)30(33)22-14-8-3-9-15-22/h1-19H. The Kier molecular flexibility index (Phi) is 5.37. The predicted octanol–water partition coefficient (Wildman–Crippen LogP) is 7.11. The van der Waals surface area contributed by atoms with Crippen LogP contribution in [0.15, 0.2) is 115 Å². The van der Waals surface area contributed by atoms with Crippen molar-refractivity contribution in [2.45, 2.75) is 0 Å². The van der Waals surface area contributed by atoms with Crippen LogP contribution in [-0.4, -0.2) is 11.6 Å². The molecule has 0 amide bonds. The second kappa shape index (κ2) is 8.64. The van der Waals surface area contributed by atoms with Gasteiger partial charge in [0.05, 0.1) is 0 Å². The van der Waals surface area contributed by atoms with Gasteiger partial charge in [-0.15, -0.1) is 0 Å². The minimum atomic E-state index is -0.425. The van der Waals surface area contributed by atoms with Gasteiger partial charge in [-0.05, 0) is 34.5 Å². The molecule has 0 radical (unpaired) electrons. The number of carbonyl (C=O) groups excluding carboxylic acids is 2. The zero-order valence-corrected chi connectivity index (χ0v) is 17.7. The van der Waals surface area contributed by atoms with Crippen LogP contribution in [0.1, 0.15) is 31.8 Å². The maximum Gasteiger partial charge on any atom is 0.194 e. The van der Waals surface area contributed by atoms with Crippen LogP contribution in [0, 0.1) is 5.82 Å². The first-order valence-corrected chi connectivity index (χ1v) is 10.6. The molecule has 0 aliphatic carbocycles. The molecule has 0 saturated carbocycles. The molecule has 5 aromatic rings. The topological polar surface area (TPSA) is 34.1 Å². The number of halogens is 1. The Labute approximate surface area is 191 Å². The van der Waals surface area contributed by atoms with E-state index in [-0.39, 0.29) is 11.6 Å². The van der Waals surface area contributed by atoms with Gasteiger partial charge in [0, 0.05) is 27.8 Å². The van der Waals surface area contributed by atoms with E-state index in [1.165, 1.54) is 12.1 Å². The van der Waals surface area contributed by atoms with E-state index in [1.807, 2.05) is 42.5 Å². The zero-order chi connectivity index (χ0) is 22.8. The Morgan fingerprint density at radius 2 is 1.12 bits per heavy atom. The minimum Gasteiger partial charge on any atom is -0.289 e. The van der Waals surface area contributed by atoms with Gasteiger partial charge in [0.2, 0.25) is 0 Å². The van der Waals surface area contributed by atoms with Crippen LogP contribution in [0.2, 0.25) is 0 Å². The van der Waals surface area contributed by atoms with Crippen molar-refractivity contribution in [1.29, 1.82) is 0 Å². The van der Waals surface area contributed by atoms with Gasteiger partial charge in [-0.1, -0.05) is 97.1 Å². The third-order valence-corrected chi connectivity index (χ3v) is 5.71. The molecule has 5 aromatic carbocycles. The van der Waals surface area contributed by atoms with Crippen molar-refractivity contribution < 1.29 is 14.0 Å². The van der Waals surface area contributed by atoms with Gasteiger partial charge < -0.3 is 0 Å². The predicted molar refractivity (Wildman–Crippen MR) is 129 cm³/mol. The molecular formula is C30H19FO2. The van der Waals surface area contributed by atoms with Gasteiger partial charge in [-0.3, -0.25) is 9.59 Å². The van der Waals surface area contributed by atoms with Crippen LogP contribution in [0.4, 0.5) is 4.39 Å². The van der Waals surface area contributed by atoms with E-state index in [1.54, 1.807) is 60.7 Å². The third-order valence-electron chi connectivity index (χ3n) is 5.71. The highest BCUT2D eigenvalue weighted by Crippen LogP contribution is 2.37. The molecule has 0 spiro atoms. The molecule has 0 N–H and O–H groups in total. The van der Waals surface area contributed by atoms with E-state index in [4.69, 9.17) is 0 Å². The summed E-state index contributed by atoms with van der Waals surface area (Å²) in [6.45, 7) is 0. The lowest BCUT2D eigenvalue weighted by Gasteiger charge is -2.18. The molecule has 33 heavy (non-hydrogen) atoms. The molecule has 0 fully saturated rings. The number of rotatable bonds is 5. The van der Waals surface area contributed by atoms with Crippen molar-refractivity contribution in [1.82, 2.24) is 0 Å². The van der Waals surface area contributed by atoms with Gasteiger partial charge in [0.15, 0.2) is 11.6 Å². The van der Waals surface area contributed by atoms with E-state index in [2.05, 4.69) is 0 Å². The van der Waals surface area contributed by atoms with Gasteiger partial charge in [-0.25, -0.2) is 4.39 Å². The fourth-order valence-electron chi connectivity index (χ4n) is 4.18. The van der Waals surface area contributed by atoms with Crippen LogP contribution in [-0.2, 0) is 0 Å². The molecular weight excluding hydrogens is 411 g/mol. The lowest BCUT2D eigenvalue weighted by Crippen LogP contribution is -2.11. The maximum atomic E-state index is 14.2. The van der Waals surface area contributed by atoms with Crippen molar-refractivity contribution in [3.8, 4) is 11.1 Å². The maximum absolute atomic E-state index is 14.2. The summed E-state index contributed by atoms with van der Waals surface area (Å²) in [7, 11) is 0. The Hall–Kier alpha value is -4.37. The fourth-order valence-corrected chi connectivity index (χ4v) is 4.18. The molecule has 0 aliphatic rings. The number of fused-ring (bicyclic) bond motifs is 1. The van der Waals surface area contributed by atoms with Gasteiger partial charge >= 0.3 is 0 Å². The van der Waals surface area contributed by atoms with Crippen LogP contribution >= 0.6 is 0 Å². The molecule has 0 aromatic heterocycles. The summed E-state index contributed by atoms with van der Waals surface area (Å²) < 4.78 is 14.2. The van der Waals surface area contributed by atoms with Crippen molar-refractivity contribution in [3.63, 3.8) is 0 Å². The Morgan fingerprint density at radius 3 is 1.73 bits per heavy atom. The molecule has 0 aliphatic heterocycles. The fraction of sp³-hybridized carbons (Fsp3) is 0. The summed E-state index contributed by atoms with van der Waals surface area (Å²) >= 11 is 0. The highest BCUT2D eigenvalue weighted by atomic mass is 19.1. The average molecular weight is 430 g/mol. The lowest BCUT2D eigenvalue weighted by molar-refractivity contribution is 0.103. The van der Waals surface area contributed by atoms with Crippen molar-refractivity contribution in [2.75, 3.05) is 0 Å². The number of ketones is 2. The number of hydrogen-bond acceptors (Lipinski definition) is 2. The summed E-state index contributed by atoms with van der Waals surface area (Å²) in [5.41, 5.74) is 3.07. The second-order valence-electron chi connectivity index (χ2n) is 7.80. The van der Waals surface area contributed by atoms with E-state index >= 15 is 0 Å². The van der Waals surface area contributed by atoms with Crippen LogP contribution in [0.3, 0.4) is 0 Å². The molecule has 0 saturated heterocycles. The van der Waals surface area contributed by atoms with E-state index in [0.29, 0.717) is 38.6 Å². The van der Waals surface area contributed by atoms with Gasteiger partial charge in [0.25, 0.3) is 0 Å². The first-order valence-electron chi connectivity index (χ1n) is 10.6. The van der Waals surface area contributed by atoms with E-state index < -0.39 is 5.82 Å². The van der Waals surface area contributed by atoms with Gasteiger partial charge in [0.1, 0.15) is 5.82 Å². The molecule has 3 heteroatoms. The average Bonchev–Trinajstić information content (AvgIpc) is 2.88. The monoisotopic (exact) mass is 430 g/mol. The molecule has 2 nitrogen and oxygen atoms in total. The highest BCUT2D eigenvalue weighted by molar-refractivity contribution is 6.25. The second-order valence-corrected chi connectivity index (χ2v) is 7.80. The van der Waals surface area contributed by atoms with Crippen molar-refractivity contribution in [3.05, 3.63) is 143 Å². The molecule has 0 heterocycles. The smallest absolute Gasteiger partial charge is 0.194 e. The summed E-state index contributed by atoms with van der Waals surface area (Å²) in [6, 6.07) is 33.3. The normalized spacial score (nSPS) is 10.8. The number of carbonyl (C=O) groups is 2. The summed E-state index contributed by atoms with van der Waals surface area (Å²) in [5, 5.41) is 1.11. The quantitative estimate of drug-likeness (QED) is 0.279. The summed E-state index contributed by atoms with van der Waals surface area (Å²) in [6.07, 6.45) is 0. The van der Waals surface area contributed by atoms with Crippen molar-refractivity contribution in [2.24, 2.45) is 0 Å². The van der Waals surface area contributed by atoms with E-state index in [9.17, 15) is 14.0 Å². The minimum absolute atomic E-state index is 0.214. The van der Waals surface area contributed by atoms with Crippen LogP contribution in [0.5, 0.6) is 0 Å². The summed E-state index contributed by atoms with van der Waals surface area (Å²) in [4.78, 5) is 27.5. The SMILES string of the molecule is O=C(c1ccccc1)c1cc2cc(F)ccc2c(C(=O)c2ccccc2)c1-c1ccccc1. The Balaban J connectivity index is 1.90. The first-order chi connectivity index (χ1) is 16.1. The summed E-state index contributed by atoms with van der Waals surface area (Å²) in [5.74, 6) is -0.859. The van der Waals surface area contributed by atoms with Crippen LogP contribution < -0.4 is 0 Å². The zero-order valence-electron chi connectivity index (χ0n) is 17.7. The number of hydrogen-bond donors (Lipinski definition) is 0. The Bertz CT molecular complexity index is 1470. The first kappa shape index (κ1) is 20.5. The molecule has 158 valence electrons. The molecule has 0 bridgehead atoms.